The van der Waals surface area contributed by atoms with E-state index >= 15 is 0 Å². The van der Waals surface area contributed by atoms with Crippen molar-refractivity contribution in [3.63, 3.8) is 0 Å². The van der Waals surface area contributed by atoms with Crippen LogP contribution in [0.15, 0.2) is 21.6 Å². The molecule has 0 fully saturated rings. The maximum Gasteiger partial charge on any atom is 0.120 e. The Morgan fingerprint density at radius 3 is 3.00 bits per heavy atom. The van der Waals surface area contributed by atoms with Gasteiger partial charge in [-0.25, -0.2) is 0 Å². The van der Waals surface area contributed by atoms with E-state index in [4.69, 9.17) is 4.74 Å². The molecule has 3 atom stereocenters. The van der Waals surface area contributed by atoms with Crippen LogP contribution in [0.5, 0.6) is 0 Å². The quantitative estimate of drug-likeness (QED) is 0.472. The van der Waals surface area contributed by atoms with Gasteiger partial charge in [-0.2, -0.15) is 0 Å². The van der Waals surface area contributed by atoms with Crippen LogP contribution >= 0.6 is 31.9 Å². The molecule has 0 aliphatic carbocycles. The molecule has 0 aromatic heterocycles. The molecule has 0 amide bonds. The van der Waals surface area contributed by atoms with Crippen LogP contribution in [0.3, 0.4) is 0 Å². The Kier molecular flexibility index (Phi) is 8.11. The third-order valence-corrected chi connectivity index (χ3v) is 3.71. The van der Waals surface area contributed by atoms with E-state index in [1.54, 1.807) is 0 Å². The van der Waals surface area contributed by atoms with E-state index in [0.717, 1.165) is 35.4 Å². The van der Waals surface area contributed by atoms with Crippen molar-refractivity contribution in [2.24, 2.45) is 5.92 Å². The predicted molar refractivity (Wildman–Crippen MR) is 82.1 cm³/mol. The molecule has 102 valence electrons. The minimum atomic E-state index is 0.173. The Balaban J connectivity index is 2.34. The Hall–Kier alpha value is 0.0700. The SMILES string of the molecule is C[C@@H](CCC=O)C[C@@H]1CC=C[C@@H](CC=C(Br)Br)O1. The zero-order valence-corrected chi connectivity index (χ0v) is 13.8. The molecular formula is C14H20Br2O2. The van der Waals surface area contributed by atoms with E-state index in [-0.39, 0.29) is 6.10 Å². The summed E-state index contributed by atoms with van der Waals surface area (Å²) in [6.45, 7) is 2.19. The van der Waals surface area contributed by atoms with Crippen LogP contribution in [0.4, 0.5) is 0 Å². The molecule has 0 saturated carbocycles. The van der Waals surface area contributed by atoms with Gasteiger partial charge in [-0.15, -0.1) is 0 Å². The Labute approximate surface area is 126 Å². The van der Waals surface area contributed by atoms with E-state index in [0.29, 0.717) is 18.4 Å². The summed E-state index contributed by atoms with van der Waals surface area (Å²) >= 11 is 6.70. The molecule has 0 radical (unpaired) electrons. The molecule has 1 aliphatic rings. The number of carbonyl (C=O) groups is 1. The topological polar surface area (TPSA) is 26.3 Å². The fourth-order valence-corrected chi connectivity index (χ4v) is 2.51. The lowest BCUT2D eigenvalue weighted by Crippen LogP contribution is -2.25. The number of carbonyl (C=O) groups excluding carboxylic acids is 1. The smallest absolute Gasteiger partial charge is 0.120 e. The second-order valence-corrected chi connectivity index (χ2v) is 7.55. The summed E-state index contributed by atoms with van der Waals surface area (Å²) < 4.78 is 6.99. The Bertz CT molecular complexity index is 309. The molecular weight excluding hydrogens is 360 g/mol. The van der Waals surface area contributed by atoms with Crippen molar-refractivity contribution in [1.82, 2.24) is 0 Å². The van der Waals surface area contributed by atoms with Gasteiger partial charge in [0.25, 0.3) is 0 Å². The Morgan fingerprint density at radius 2 is 2.33 bits per heavy atom. The van der Waals surface area contributed by atoms with Crippen LogP contribution < -0.4 is 0 Å². The zero-order chi connectivity index (χ0) is 13.4. The van der Waals surface area contributed by atoms with Gasteiger partial charge in [0.05, 0.1) is 15.6 Å². The van der Waals surface area contributed by atoms with E-state index in [1.165, 1.54) is 0 Å². The molecule has 0 aromatic rings. The summed E-state index contributed by atoms with van der Waals surface area (Å²) in [5.74, 6) is 0.547. The van der Waals surface area contributed by atoms with E-state index < -0.39 is 0 Å². The first-order valence-electron chi connectivity index (χ1n) is 6.38. The summed E-state index contributed by atoms with van der Waals surface area (Å²) in [5, 5.41) is 0. The molecule has 4 heteroatoms. The average molecular weight is 380 g/mol. The number of ether oxygens (including phenoxy) is 1. The van der Waals surface area contributed by atoms with Gasteiger partial charge in [0.15, 0.2) is 0 Å². The number of rotatable bonds is 7. The van der Waals surface area contributed by atoms with Crippen molar-refractivity contribution >= 4 is 38.1 Å². The lowest BCUT2D eigenvalue weighted by Gasteiger charge is -2.27. The van der Waals surface area contributed by atoms with Gasteiger partial charge in [0, 0.05) is 6.42 Å². The first-order chi connectivity index (χ1) is 8.61. The maximum absolute atomic E-state index is 10.3. The first-order valence-corrected chi connectivity index (χ1v) is 7.97. The van der Waals surface area contributed by atoms with Crippen molar-refractivity contribution in [2.45, 2.75) is 51.2 Å². The van der Waals surface area contributed by atoms with Crippen LogP contribution in [0, 0.1) is 5.92 Å². The van der Waals surface area contributed by atoms with Crippen LogP contribution in [0.2, 0.25) is 0 Å². The van der Waals surface area contributed by atoms with Gasteiger partial charge >= 0.3 is 0 Å². The highest BCUT2D eigenvalue weighted by molar-refractivity contribution is 9.28. The minimum Gasteiger partial charge on any atom is -0.370 e. The molecule has 1 aliphatic heterocycles. The highest BCUT2D eigenvalue weighted by Crippen LogP contribution is 2.24. The molecule has 0 unspecified atom stereocenters. The predicted octanol–water partition coefficient (Wildman–Crippen LogP) is 4.73. The molecule has 1 rings (SSSR count). The minimum absolute atomic E-state index is 0.173. The van der Waals surface area contributed by atoms with Crippen LogP contribution in [-0.4, -0.2) is 18.5 Å². The molecule has 2 nitrogen and oxygen atoms in total. The summed E-state index contributed by atoms with van der Waals surface area (Å²) in [6.07, 6.45) is 12.4. The largest absolute Gasteiger partial charge is 0.370 e. The van der Waals surface area contributed by atoms with Gasteiger partial charge in [-0.05, 0) is 63.5 Å². The Morgan fingerprint density at radius 1 is 1.56 bits per heavy atom. The molecule has 1 heterocycles. The molecule has 0 spiro atoms. The van der Waals surface area contributed by atoms with Crippen LogP contribution in [0.1, 0.15) is 39.0 Å². The number of hydrogen-bond acceptors (Lipinski definition) is 2. The fraction of sp³-hybridized carbons (Fsp3) is 0.643. The third-order valence-electron chi connectivity index (χ3n) is 3.06. The monoisotopic (exact) mass is 378 g/mol. The number of aldehydes is 1. The summed E-state index contributed by atoms with van der Waals surface area (Å²) in [5.41, 5.74) is 0. The van der Waals surface area contributed by atoms with Crippen molar-refractivity contribution in [2.75, 3.05) is 0 Å². The van der Waals surface area contributed by atoms with E-state index in [9.17, 15) is 4.79 Å². The van der Waals surface area contributed by atoms with Gasteiger partial charge in [-0.1, -0.05) is 25.2 Å². The highest BCUT2D eigenvalue weighted by atomic mass is 79.9. The standard InChI is InChI=1S/C14H20Br2O2/c1-11(4-3-9-17)10-13-6-2-5-12(18-13)7-8-14(15)16/h2,5,8-9,11-13H,3-4,6-7,10H2,1H3/t11-,12-,13-/m0/s1. The van der Waals surface area contributed by atoms with Crippen LogP contribution in [0.25, 0.3) is 0 Å². The number of halogens is 2. The lowest BCUT2D eigenvalue weighted by molar-refractivity contribution is -0.108. The first kappa shape index (κ1) is 16.1. The molecule has 0 bridgehead atoms. The zero-order valence-electron chi connectivity index (χ0n) is 10.6. The highest BCUT2D eigenvalue weighted by Gasteiger charge is 2.19. The van der Waals surface area contributed by atoms with Crippen LogP contribution in [-0.2, 0) is 9.53 Å². The fourth-order valence-electron chi connectivity index (χ4n) is 2.14. The molecule has 0 aromatic carbocycles. The normalized spacial score (nSPS) is 24.6. The molecule has 0 N–H and O–H groups in total. The van der Waals surface area contributed by atoms with Crippen molar-refractivity contribution in [3.05, 3.63) is 21.6 Å². The summed E-state index contributed by atoms with van der Waals surface area (Å²) in [7, 11) is 0. The van der Waals surface area contributed by atoms with Crippen molar-refractivity contribution in [1.29, 1.82) is 0 Å². The number of hydrogen-bond donors (Lipinski definition) is 0. The summed E-state index contributed by atoms with van der Waals surface area (Å²) in [4.78, 5) is 10.3. The van der Waals surface area contributed by atoms with Crippen molar-refractivity contribution in [3.8, 4) is 0 Å². The second-order valence-electron chi connectivity index (χ2n) is 4.77. The second kappa shape index (κ2) is 9.05. The molecule has 0 saturated heterocycles. The average Bonchev–Trinajstić information content (AvgIpc) is 2.34. The van der Waals surface area contributed by atoms with Gasteiger partial charge in [-0.3, -0.25) is 0 Å². The molecule has 18 heavy (non-hydrogen) atoms. The van der Waals surface area contributed by atoms with Gasteiger partial charge in [0.2, 0.25) is 0 Å². The summed E-state index contributed by atoms with van der Waals surface area (Å²) in [6, 6.07) is 0. The van der Waals surface area contributed by atoms with Gasteiger partial charge < -0.3 is 9.53 Å². The van der Waals surface area contributed by atoms with E-state index in [1.807, 2.05) is 0 Å². The van der Waals surface area contributed by atoms with E-state index in [2.05, 4.69) is 57.0 Å². The third kappa shape index (κ3) is 6.86. The van der Waals surface area contributed by atoms with Crippen molar-refractivity contribution < 1.29 is 9.53 Å². The van der Waals surface area contributed by atoms with Gasteiger partial charge in [0.1, 0.15) is 6.29 Å². The lowest BCUT2D eigenvalue weighted by atomic mass is 9.95. The maximum atomic E-state index is 10.3.